The molecule has 1 aromatic carbocycles. The van der Waals surface area contributed by atoms with Crippen LogP contribution >= 0.6 is 11.6 Å². The molecule has 7 nitrogen and oxygen atoms in total. The Kier molecular flexibility index (Phi) is 6.14. The zero-order valence-corrected chi connectivity index (χ0v) is 14.4. The fraction of sp³-hybridized carbons (Fsp3) is 0.500. The Labute approximate surface area is 145 Å². The first kappa shape index (κ1) is 18.2. The fourth-order valence-corrected chi connectivity index (χ4v) is 3.01. The van der Waals surface area contributed by atoms with Gasteiger partial charge in [0.05, 0.1) is 25.2 Å². The van der Waals surface area contributed by atoms with Gasteiger partial charge in [-0.3, -0.25) is 4.79 Å². The first-order valence-corrected chi connectivity index (χ1v) is 8.00. The van der Waals surface area contributed by atoms with Gasteiger partial charge in [0.25, 0.3) is 0 Å². The first-order chi connectivity index (χ1) is 11.5. The van der Waals surface area contributed by atoms with E-state index in [1.165, 1.54) is 19.1 Å². The number of hydrogen-bond acceptors (Lipinski definition) is 4. The second-order valence-electron chi connectivity index (χ2n) is 5.53. The molecular formula is C16H21ClN2O5. The van der Waals surface area contributed by atoms with E-state index in [2.05, 4.69) is 5.32 Å². The summed E-state index contributed by atoms with van der Waals surface area (Å²) in [6, 6.07) is 3.33. The van der Waals surface area contributed by atoms with Crippen molar-refractivity contribution in [3.8, 4) is 11.5 Å². The molecule has 1 aromatic rings. The van der Waals surface area contributed by atoms with E-state index < -0.39 is 11.9 Å². The Hall–Kier alpha value is -2.15. The molecule has 24 heavy (non-hydrogen) atoms. The number of likely N-dealkylation sites (tertiary alicyclic amines) is 1. The van der Waals surface area contributed by atoms with Crippen LogP contribution < -0.4 is 14.8 Å². The molecule has 2 rings (SSSR count). The van der Waals surface area contributed by atoms with Crippen LogP contribution in [-0.4, -0.2) is 55.9 Å². The lowest BCUT2D eigenvalue weighted by atomic mass is 10.1. The zero-order valence-electron chi connectivity index (χ0n) is 13.7. The van der Waals surface area contributed by atoms with Crippen molar-refractivity contribution < 1.29 is 24.2 Å². The molecule has 0 bridgehead atoms. The monoisotopic (exact) mass is 356 g/mol. The average Bonchev–Trinajstić information content (AvgIpc) is 3.06. The average molecular weight is 357 g/mol. The second-order valence-corrected chi connectivity index (χ2v) is 5.90. The SMILES string of the molecule is COc1ccc(CCNC(=O)N2CCC(C(=O)O)C2)c(Cl)c1OC. The van der Waals surface area contributed by atoms with Crippen LogP contribution in [0.3, 0.4) is 0 Å². The van der Waals surface area contributed by atoms with Gasteiger partial charge in [-0.15, -0.1) is 0 Å². The van der Waals surface area contributed by atoms with Gasteiger partial charge in [-0.25, -0.2) is 4.79 Å². The van der Waals surface area contributed by atoms with Crippen molar-refractivity contribution in [3.63, 3.8) is 0 Å². The standard InChI is InChI=1S/C16H21ClN2O5/c1-23-12-4-3-10(13(17)14(12)24-2)5-7-18-16(22)19-8-6-11(9-19)15(20)21/h3-4,11H,5-9H2,1-2H3,(H,18,22)(H,20,21). The minimum atomic E-state index is -0.859. The maximum Gasteiger partial charge on any atom is 0.317 e. The lowest BCUT2D eigenvalue weighted by Crippen LogP contribution is -2.39. The van der Waals surface area contributed by atoms with Gasteiger partial charge in [0, 0.05) is 19.6 Å². The Morgan fingerprint density at radius 3 is 2.71 bits per heavy atom. The molecule has 2 amide bonds. The molecule has 2 N–H and O–H groups in total. The van der Waals surface area contributed by atoms with Gasteiger partial charge in [-0.1, -0.05) is 17.7 Å². The number of methoxy groups -OCH3 is 2. The van der Waals surface area contributed by atoms with Gasteiger partial charge in [0.2, 0.25) is 0 Å². The number of rotatable bonds is 6. The molecule has 1 saturated heterocycles. The highest BCUT2D eigenvalue weighted by molar-refractivity contribution is 6.33. The van der Waals surface area contributed by atoms with E-state index in [0.717, 1.165) is 5.56 Å². The third-order valence-corrected chi connectivity index (χ3v) is 4.47. The molecule has 0 radical (unpaired) electrons. The van der Waals surface area contributed by atoms with Gasteiger partial charge >= 0.3 is 12.0 Å². The van der Waals surface area contributed by atoms with Gasteiger partial charge < -0.3 is 24.8 Å². The molecule has 0 spiro atoms. The summed E-state index contributed by atoms with van der Waals surface area (Å²) in [6.07, 6.45) is 1.02. The lowest BCUT2D eigenvalue weighted by molar-refractivity contribution is -0.141. The third kappa shape index (κ3) is 4.03. The molecule has 1 aliphatic rings. The number of carbonyl (C=O) groups is 2. The number of aliphatic carboxylic acids is 1. The number of amides is 2. The summed E-state index contributed by atoms with van der Waals surface area (Å²) >= 11 is 6.30. The molecule has 0 saturated carbocycles. The molecular weight excluding hydrogens is 336 g/mol. The van der Waals surface area contributed by atoms with E-state index in [9.17, 15) is 9.59 Å². The first-order valence-electron chi connectivity index (χ1n) is 7.62. The van der Waals surface area contributed by atoms with Crippen molar-refractivity contribution in [2.24, 2.45) is 5.92 Å². The van der Waals surface area contributed by atoms with Crippen molar-refractivity contribution >= 4 is 23.6 Å². The van der Waals surface area contributed by atoms with Crippen LogP contribution in [-0.2, 0) is 11.2 Å². The van der Waals surface area contributed by atoms with Crippen molar-refractivity contribution in [1.29, 1.82) is 0 Å². The minimum Gasteiger partial charge on any atom is -0.493 e. The smallest absolute Gasteiger partial charge is 0.317 e. The summed E-state index contributed by atoms with van der Waals surface area (Å²) < 4.78 is 10.4. The number of carbonyl (C=O) groups excluding carboxylic acids is 1. The molecule has 8 heteroatoms. The molecule has 1 unspecified atom stereocenters. The third-order valence-electron chi connectivity index (χ3n) is 4.06. The Balaban J connectivity index is 1.88. The number of carboxylic acids is 1. The number of nitrogens with one attached hydrogen (secondary N) is 1. The van der Waals surface area contributed by atoms with Crippen LogP contribution in [0, 0.1) is 5.92 Å². The van der Waals surface area contributed by atoms with E-state index in [4.69, 9.17) is 26.2 Å². The minimum absolute atomic E-state index is 0.248. The number of benzene rings is 1. The fourth-order valence-electron chi connectivity index (χ4n) is 2.69. The highest BCUT2D eigenvalue weighted by Crippen LogP contribution is 2.37. The quantitative estimate of drug-likeness (QED) is 0.814. The Bertz CT molecular complexity index is 623. The summed E-state index contributed by atoms with van der Waals surface area (Å²) in [5.74, 6) is -0.322. The number of ether oxygens (including phenoxy) is 2. The number of urea groups is 1. The van der Waals surface area contributed by atoms with E-state index in [1.807, 2.05) is 6.07 Å². The summed E-state index contributed by atoms with van der Waals surface area (Å²) in [6.45, 7) is 1.10. The van der Waals surface area contributed by atoms with E-state index in [1.54, 1.807) is 6.07 Å². The predicted octanol–water partition coefficient (Wildman–Crippen LogP) is 2.02. The largest absolute Gasteiger partial charge is 0.493 e. The molecule has 0 aromatic heterocycles. The molecule has 132 valence electrons. The maximum atomic E-state index is 12.1. The highest BCUT2D eigenvalue weighted by Gasteiger charge is 2.30. The maximum absolute atomic E-state index is 12.1. The molecule has 0 aliphatic carbocycles. The highest BCUT2D eigenvalue weighted by atomic mass is 35.5. The van der Waals surface area contributed by atoms with Crippen molar-refractivity contribution in [2.75, 3.05) is 33.9 Å². The number of carboxylic acid groups (broad SMARTS) is 1. The van der Waals surface area contributed by atoms with E-state index in [0.29, 0.717) is 42.5 Å². The second kappa shape index (κ2) is 8.10. The Morgan fingerprint density at radius 1 is 1.38 bits per heavy atom. The summed E-state index contributed by atoms with van der Waals surface area (Å²) in [4.78, 5) is 24.5. The van der Waals surface area contributed by atoms with Crippen LogP contribution in [0.2, 0.25) is 5.02 Å². The van der Waals surface area contributed by atoms with Crippen LogP contribution in [0.15, 0.2) is 12.1 Å². The summed E-state index contributed by atoms with van der Waals surface area (Å²) in [7, 11) is 3.05. The number of nitrogens with zero attached hydrogens (tertiary/aromatic N) is 1. The molecule has 1 atom stereocenters. The van der Waals surface area contributed by atoms with E-state index in [-0.39, 0.29) is 12.6 Å². The topological polar surface area (TPSA) is 88.1 Å². The number of hydrogen-bond donors (Lipinski definition) is 2. The van der Waals surface area contributed by atoms with Gasteiger partial charge in [-0.2, -0.15) is 0 Å². The van der Waals surface area contributed by atoms with E-state index >= 15 is 0 Å². The van der Waals surface area contributed by atoms with Gasteiger partial charge in [-0.05, 0) is 24.5 Å². The van der Waals surface area contributed by atoms with Crippen molar-refractivity contribution in [1.82, 2.24) is 10.2 Å². The molecule has 1 heterocycles. The van der Waals surface area contributed by atoms with Crippen LogP contribution in [0.5, 0.6) is 11.5 Å². The zero-order chi connectivity index (χ0) is 17.7. The molecule has 1 aliphatic heterocycles. The Morgan fingerprint density at radius 2 is 2.12 bits per heavy atom. The van der Waals surface area contributed by atoms with Crippen molar-refractivity contribution in [2.45, 2.75) is 12.8 Å². The van der Waals surface area contributed by atoms with Crippen LogP contribution in [0.4, 0.5) is 4.79 Å². The summed E-state index contributed by atoms with van der Waals surface area (Å²) in [5, 5.41) is 12.2. The predicted molar refractivity (Wildman–Crippen MR) is 89.0 cm³/mol. The van der Waals surface area contributed by atoms with Crippen molar-refractivity contribution in [3.05, 3.63) is 22.7 Å². The van der Waals surface area contributed by atoms with Gasteiger partial charge in [0.1, 0.15) is 0 Å². The van der Waals surface area contributed by atoms with Gasteiger partial charge in [0.15, 0.2) is 11.5 Å². The van der Waals surface area contributed by atoms with Crippen LogP contribution in [0.1, 0.15) is 12.0 Å². The molecule has 1 fully saturated rings. The lowest BCUT2D eigenvalue weighted by Gasteiger charge is -2.17. The van der Waals surface area contributed by atoms with Crippen LogP contribution in [0.25, 0.3) is 0 Å². The number of halogens is 1. The summed E-state index contributed by atoms with van der Waals surface area (Å²) in [5.41, 5.74) is 0.833. The normalized spacial score (nSPS) is 16.8.